The Morgan fingerprint density at radius 2 is 1.93 bits per heavy atom. The number of fused-ring (bicyclic) bond motifs is 1. The SMILES string of the molecule is C[C@@H](Cn1nc2ccccc2n1)C(N)=O. The Kier molecular flexibility index (Phi) is 2.37. The highest BCUT2D eigenvalue weighted by molar-refractivity contribution is 5.76. The van der Waals surface area contributed by atoms with Crippen molar-refractivity contribution >= 4 is 16.9 Å². The number of hydrogen-bond donors (Lipinski definition) is 1. The number of hydrogen-bond acceptors (Lipinski definition) is 3. The summed E-state index contributed by atoms with van der Waals surface area (Å²) in [5.74, 6) is -0.594. The Labute approximate surface area is 86.9 Å². The summed E-state index contributed by atoms with van der Waals surface area (Å²) in [4.78, 5) is 12.4. The molecule has 0 saturated heterocycles. The number of aromatic nitrogens is 3. The average Bonchev–Trinajstić information content (AvgIpc) is 2.59. The summed E-state index contributed by atoms with van der Waals surface area (Å²) < 4.78 is 0. The third-order valence-corrected chi connectivity index (χ3v) is 2.25. The van der Waals surface area contributed by atoms with E-state index in [4.69, 9.17) is 5.73 Å². The maximum absolute atomic E-state index is 10.9. The summed E-state index contributed by atoms with van der Waals surface area (Å²) in [5.41, 5.74) is 6.83. The summed E-state index contributed by atoms with van der Waals surface area (Å²) in [6, 6.07) is 7.57. The van der Waals surface area contributed by atoms with Crippen molar-refractivity contribution in [3.63, 3.8) is 0 Å². The zero-order valence-electron chi connectivity index (χ0n) is 8.42. The third kappa shape index (κ3) is 1.96. The quantitative estimate of drug-likeness (QED) is 0.793. The van der Waals surface area contributed by atoms with E-state index in [2.05, 4.69) is 10.2 Å². The van der Waals surface area contributed by atoms with Gasteiger partial charge in [-0.15, -0.1) is 0 Å². The highest BCUT2D eigenvalue weighted by atomic mass is 16.1. The second-order valence-corrected chi connectivity index (χ2v) is 3.55. The summed E-state index contributed by atoms with van der Waals surface area (Å²) in [5, 5.41) is 8.47. The fourth-order valence-electron chi connectivity index (χ4n) is 1.32. The number of primary amides is 1. The van der Waals surface area contributed by atoms with E-state index >= 15 is 0 Å². The molecule has 0 unspecified atom stereocenters. The molecule has 1 heterocycles. The van der Waals surface area contributed by atoms with Gasteiger partial charge in [0.25, 0.3) is 0 Å². The highest BCUT2D eigenvalue weighted by Crippen LogP contribution is 2.08. The third-order valence-electron chi connectivity index (χ3n) is 2.25. The smallest absolute Gasteiger partial charge is 0.222 e. The minimum Gasteiger partial charge on any atom is -0.369 e. The Balaban J connectivity index is 2.26. The van der Waals surface area contributed by atoms with Gasteiger partial charge in [-0.25, -0.2) is 0 Å². The van der Waals surface area contributed by atoms with Crippen LogP contribution in [0.2, 0.25) is 0 Å². The van der Waals surface area contributed by atoms with Crippen LogP contribution >= 0.6 is 0 Å². The fourth-order valence-corrected chi connectivity index (χ4v) is 1.32. The lowest BCUT2D eigenvalue weighted by atomic mass is 10.2. The van der Waals surface area contributed by atoms with E-state index in [0.29, 0.717) is 6.54 Å². The lowest BCUT2D eigenvalue weighted by molar-refractivity contribution is -0.121. The first-order valence-corrected chi connectivity index (χ1v) is 4.76. The molecule has 5 heteroatoms. The van der Waals surface area contributed by atoms with Crippen molar-refractivity contribution in [3.05, 3.63) is 24.3 Å². The molecule has 1 aromatic heterocycles. The zero-order valence-corrected chi connectivity index (χ0v) is 8.42. The van der Waals surface area contributed by atoms with Crippen LogP contribution < -0.4 is 5.73 Å². The van der Waals surface area contributed by atoms with Gasteiger partial charge in [0, 0.05) is 0 Å². The van der Waals surface area contributed by atoms with Crippen LogP contribution in [0.1, 0.15) is 6.92 Å². The summed E-state index contributed by atoms with van der Waals surface area (Å²) in [7, 11) is 0. The van der Waals surface area contributed by atoms with E-state index in [9.17, 15) is 4.79 Å². The van der Waals surface area contributed by atoms with E-state index in [1.54, 1.807) is 6.92 Å². The minimum absolute atomic E-state index is 0.258. The normalized spacial score (nSPS) is 12.9. The second kappa shape index (κ2) is 3.68. The molecule has 2 aromatic rings. The Morgan fingerprint density at radius 1 is 1.40 bits per heavy atom. The van der Waals surface area contributed by atoms with Crippen molar-refractivity contribution in [2.24, 2.45) is 11.7 Å². The number of carbonyl (C=O) groups excluding carboxylic acids is 1. The maximum Gasteiger partial charge on any atom is 0.222 e. The van der Waals surface area contributed by atoms with Gasteiger partial charge in [-0.05, 0) is 12.1 Å². The first-order chi connectivity index (χ1) is 7.16. The molecule has 0 fully saturated rings. The van der Waals surface area contributed by atoms with Crippen LogP contribution in [0.15, 0.2) is 24.3 Å². The van der Waals surface area contributed by atoms with Gasteiger partial charge in [0.2, 0.25) is 5.91 Å². The Bertz CT molecular complexity index is 458. The highest BCUT2D eigenvalue weighted by Gasteiger charge is 2.11. The molecule has 1 atom stereocenters. The standard InChI is InChI=1S/C10H12N4O/c1-7(10(11)15)6-14-12-8-4-2-3-5-9(8)13-14/h2-5,7H,6H2,1H3,(H2,11,15)/t7-/m0/s1. The van der Waals surface area contributed by atoms with E-state index in [0.717, 1.165) is 11.0 Å². The second-order valence-electron chi connectivity index (χ2n) is 3.55. The number of nitrogens with zero attached hydrogens (tertiary/aromatic N) is 3. The van der Waals surface area contributed by atoms with Gasteiger partial charge in [-0.2, -0.15) is 15.0 Å². The van der Waals surface area contributed by atoms with Crippen LogP contribution in [0.25, 0.3) is 11.0 Å². The molecule has 2 N–H and O–H groups in total. The minimum atomic E-state index is -0.337. The lowest BCUT2D eigenvalue weighted by Crippen LogP contribution is -2.25. The van der Waals surface area contributed by atoms with Gasteiger partial charge in [-0.1, -0.05) is 19.1 Å². The van der Waals surface area contributed by atoms with Crippen molar-refractivity contribution in [2.75, 3.05) is 0 Å². The van der Waals surface area contributed by atoms with Gasteiger partial charge in [0.15, 0.2) is 0 Å². The van der Waals surface area contributed by atoms with Crippen molar-refractivity contribution in [1.29, 1.82) is 0 Å². The van der Waals surface area contributed by atoms with Crippen LogP contribution in [-0.4, -0.2) is 20.9 Å². The van der Waals surface area contributed by atoms with Gasteiger partial charge >= 0.3 is 0 Å². The first kappa shape index (κ1) is 9.64. The average molecular weight is 204 g/mol. The van der Waals surface area contributed by atoms with Gasteiger partial charge in [0.05, 0.1) is 12.5 Å². The van der Waals surface area contributed by atoms with Crippen molar-refractivity contribution < 1.29 is 4.79 Å². The van der Waals surface area contributed by atoms with Crippen LogP contribution in [0.3, 0.4) is 0 Å². The topological polar surface area (TPSA) is 73.8 Å². The molecule has 0 aliphatic carbocycles. The van der Waals surface area contributed by atoms with Crippen molar-refractivity contribution in [3.8, 4) is 0 Å². The zero-order chi connectivity index (χ0) is 10.8. The van der Waals surface area contributed by atoms with Crippen molar-refractivity contribution in [1.82, 2.24) is 15.0 Å². The van der Waals surface area contributed by atoms with Crippen LogP contribution in [0.4, 0.5) is 0 Å². The molecule has 15 heavy (non-hydrogen) atoms. The van der Waals surface area contributed by atoms with E-state index < -0.39 is 0 Å². The lowest BCUT2D eigenvalue weighted by Gasteiger charge is -2.04. The van der Waals surface area contributed by atoms with E-state index in [-0.39, 0.29) is 11.8 Å². The van der Waals surface area contributed by atoms with E-state index in [1.165, 1.54) is 4.80 Å². The summed E-state index contributed by atoms with van der Waals surface area (Å²) in [6.07, 6.45) is 0. The largest absolute Gasteiger partial charge is 0.369 e. The molecule has 0 radical (unpaired) electrons. The van der Waals surface area contributed by atoms with Crippen molar-refractivity contribution in [2.45, 2.75) is 13.5 Å². The molecule has 1 amide bonds. The molecular weight excluding hydrogens is 192 g/mol. The fraction of sp³-hybridized carbons (Fsp3) is 0.300. The summed E-state index contributed by atoms with van der Waals surface area (Å²) in [6.45, 7) is 2.18. The molecule has 78 valence electrons. The van der Waals surface area contributed by atoms with Crippen LogP contribution in [0.5, 0.6) is 0 Å². The molecule has 5 nitrogen and oxygen atoms in total. The summed E-state index contributed by atoms with van der Waals surface area (Å²) >= 11 is 0. The number of benzene rings is 1. The van der Waals surface area contributed by atoms with Gasteiger partial charge < -0.3 is 5.73 Å². The van der Waals surface area contributed by atoms with Crippen LogP contribution in [0, 0.1) is 5.92 Å². The van der Waals surface area contributed by atoms with Gasteiger partial charge in [-0.3, -0.25) is 4.79 Å². The molecular formula is C10H12N4O. The molecule has 0 spiro atoms. The molecule has 1 aromatic carbocycles. The first-order valence-electron chi connectivity index (χ1n) is 4.76. The molecule has 0 saturated carbocycles. The molecule has 2 rings (SSSR count). The molecule has 0 bridgehead atoms. The monoisotopic (exact) mass is 204 g/mol. The molecule has 0 aliphatic heterocycles. The Hall–Kier alpha value is -1.91. The molecule has 0 aliphatic rings. The number of nitrogens with two attached hydrogens (primary N) is 1. The van der Waals surface area contributed by atoms with Gasteiger partial charge in [0.1, 0.15) is 11.0 Å². The number of amides is 1. The number of carbonyl (C=O) groups is 1. The predicted molar refractivity (Wildman–Crippen MR) is 55.9 cm³/mol. The predicted octanol–water partition coefficient (Wildman–Crippen LogP) is 0.553. The number of rotatable bonds is 3. The van der Waals surface area contributed by atoms with Crippen LogP contribution in [-0.2, 0) is 11.3 Å². The maximum atomic E-state index is 10.9. The van der Waals surface area contributed by atoms with E-state index in [1.807, 2.05) is 24.3 Å². The Morgan fingerprint density at radius 3 is 2.40 bits per heavy atom.